The van der Waals surface area contributed by atoms with Gasteiger partial charge in [-0.3, -0.25) is 19.5 Å². The van der Waals surface area contributed by atoms with Crippen molar-refractivity contribution in [3.8, 4) is 39.3 Å². The normalized spacial score (nSPS) is 22.5. The standard InChI is InChI=1S/C57H64N10O7S/c1-30(2)48(56(71)67-28-40(69)23-45(67)55(70)60-32(4)34-9-11-35(12-10-34)53-33(5)59-29-75-53)46-24-47(64-74-46)73-41-15-17-65(18-16-41)19-20-72-57-62-52-44(54(63-57)66-26-37-13-14-38(27-66)61-37)25-58-51-43-22-39(68)21-36-7-6-8-42(50(36)43)31(3)49(51)52/h6-12,21-22,24-25,29-32,37-38,40-41,45,48,61,68-69H,13-20,23,26-28H2,1-5H3,(H,60,70)/t31?,32?,37?,38?,40-,45+,48-/m1/s1. The monoisotopic (exact) mass is 1030 g/mol. The lowest BCUT2D eigenvalue weighted by Gasteiger charge is -2.35. The van der Waals surface area contributed by atoms with Crippen LogP contribution in [0.2, 0.25) is 0 Å². The molecule has 8 heterocycles. The van der Waals surface area contributed by atoms with Crippen LogP contribution in [-0.2, 0) is 9.59 Å². The summed E-state index contributed by atoms with van der Waals surface area (Å²) in [6, 6.07) is 19.6. The number of aliphatic hydroxyl groups is 1. The predicted molar refractivity (Wildman–Crippen MR) is 286 cm³/mol. The first-order valence-corrected chi connectivity index (χ1v) is 27.5. The van der Waals surface area contributed by atoms with Gasteiger partial charge in [0.15, 0.2) is 5.76 Å². The Bertz CT molecular complexity index is 3270. The van der Waals surface area contributed by atoms with Crippen molar-refractivity contribution in [3.05, 3.63) is 101 Å². The molecule has 0 radical (unpaired) electrons. The fourth-order valence-electron chi connectivity index (χ4n) is 12.4. The molecule has 12 rings (SSSR count). The molecule has 4 unspecified atom stereocenters. The summed E-state index contributed by atoms with van der Waals surface area (Å²) >= 11 is 1.59. The van der Waals surface area contributed by atoms with Crippen molar-refractivity contribution >= 4 is 50.6 Å². The van der Waals surface area contributed by atoms with Crippen molar-refractivity contribution in [2.24, 2.45) is 5.92 Å². The first kappa shape index (κ1) is 49.2. The third-order valence-electron chi connectivity index (χ3n) is 16.3. The van der Waals surface area contributed by atoms with Gasteiger partial charge in [0.2, 0.25) is 11.8 Å². The number of amides is 2. The molecule has 4 fully saturated rings. The predicted octanol–water partition coefficient (Wildman–Crippen LogP) is 7.88. The largest absolute Gasteiger partial charge is 0.508 e. The van der Waals surface area contributed by atoms with Gasteiger partial charge in [0, 0.05) is 87.1 Å². The van der Waals surface area contributed by atoms with E-state index in [1.807, 2.05) is 81.9 Å². The van der Waals surface area contributed by atoms with E-state index >= 15 is 0 Å². The van der Waals surface area contributed by atoms with Crippen LogP contribution in [0.1, 0.15) is 106 Å². The molecule has 18 heteroatoms. The van der Waals surface area contributed by atoms with Crippen LogP contribution in [0, 0.1) is 12.8 Å². The van der Waals surface area contributed by atoms with E-state index in [2.05, 4.69) is 49.6 Å². The molecule has 0 saturated carbocycles. The Labute approximate surface area is 439 Å². The number of thiazole rings is 1. The number of hydrogen-bond acceptors (Lipinski definition) is 16. The molecule has 5 aliphatic rings. The van der Waals surface area contributed by atoms with Gasteiger partial charge in [-0.2, -0.15) is 9.97 Å². The number of hydrogen-bond donors (Lipinski definition) is 4. The van der Waals surface area contributed by atoms with Crippen molar-refractivity contribution in [2.45, 2.75) is 115 Å². The van der Waals surface area contributed by atoms with Crippen molar-refractivity contribution in [3.63, 3.8) is 0 Å². The fourth-order valence-corrected chi connectivity index (χ4v) is 13.2. The molecule has 0 spiro atoms. The van der Waals surface area contributed by atoms with Gasteiger partial charge in [-0.1, -0.05) is 63.2 Å². The Morgan fingerprint density at radius 2 is 1.76 bits per heavy atom. The molecule has 75 heavy (non-hydrogen) atoms. The van der Waals surface area contributed by atoms with Crippen LogP contribution < -0.4 is 25.0 Å². The molecule has 4 N–H and O–H groups in total. The summed E-state index contributed by atoms with van der Waals surface area (Å²) in [7, 11) is 0. The maximum Gasteiger partial charge on any atom is 0.319 e. The molecule has 4 aromatic heterocycles. The van der Waals surface area contributed by atoms with Gasteiger partial charge in [-0.15, -0.1) is 11.3 Å². The smallest absolute Gasteiger partial charge is 0.319 e. The second-order valence-electron chi connectivity index (χ2n) is 21.6. The van der Waals surface area contributed by atoms with Gasteiger partial charge in [0.1, 0.15) is 36.2 Å². The summed E-state index contributed by atoms with van der Waals surface area (Å²) in [4.78, 5) is 55.3. The van der Waals surface area contributed by atoms with E-state index in [1.54, 1.807) is 17.4 Å². The zero-order valence-electron chi connectivity index (χ0n) is 43.0. The number of ether oxygens (including phenoxy) is 2. The molecule has 2 amide bonds. The summed E-state index contributed by atoms with van der Waals surface area (Å²) in [5.41, 5.74) is 9.58. The molecule has 4 aliphatic heterocycles. The first-order chi connectivity index (χ1) is 36.3. The highest BCUT2D eigenvalue weighted by molar-refractivity contribution is 7.13. The molecule has 390 valence electrons. The lowest BCUT2D eigenvalue weighted by atomic mass is 9.79. The van der Waals surface area contributed by atoms with Gasteiger partial charge >= 0.3 is 6.01 Å². The Morgan fingerprint density at radius 1 is 0.973 bits per heavy atom. The Morgan fingerprint density at radius 3 is 2.51 bits per heavy atom. The molecule has 2 bridgehead atoms. The number of aryl methyl sites for hydroxylation is 1. The molecule has 1 aliphatic carbocycles. The number of fused-ring (bicyclic) bond motifs is 6. The Hall–Kier alpha value is -6.73. The summed E-state index contributed by atoms with van der Waals surface area (Å²) < 4.78 is 18.7. The Kier molecular flexibility index (Phi) is 13.2. The van der Waals surface area contributed by atoms with Crippen LogP contribution in [0.4, 0.5) is 5.82 Å². The van der Waals surface area contributed by atoms with Crippen LogP contribution in [-0.4, -0.2) is 133 Å². The number of piperazine rings is 1. The highest BCUT2D eigenvalue weighted by Gasteiger charge is 2.44. The van der Waals surface area contributed by atoms with E-state index < -0.39 is 18.1 Å². The zero-order valence-corrected chi connectivity index (χ0v) is 43.8. The van der Waals surface area contributed by atoms with Crippen LogP contribution >= 0.6 is 11.3 Å². The van der Waals surface area contributed by atoms with Crippen LogP contribution in [0.3, 0.4) is 0 Å². The lowest BCUT2D eigenvalue weighted by molar-refractivity contribution is -0.141. The molecule has 17 nitrogen and oxygen atoms in total. The van der Waals surface area contributed by atoms with Gasteiger partial charge in [0.05, 0.1) is 44.8 Å². The van der Waals surface area contributed by atoms with Crippen LogP contribution in [0.15, 0.2) is 76.9 Å². The lowest BCUT2D eigenvalue weighted by Crippen LogP contribution is -2.51. The molecule has 7 aromatic rings. The van der Waals surface area contributed by atoms with E-state index in [1.165, 1.54) is 10.5 Å². The summed E-state index contributed by atoms with van der Waals surface area (Å²) in [5.74, 6) is 0.192. The summed E-state index contributed by atoms with van der Waals surface area (Å²) in [5, 5.41) is 35.7. The summed E-state index contributed by atoms with van der Waals surface area (Å²) in [6.07, 6.45) is 4.92. The third-order valence-corrected chi connectivity index (χ3v) is 17.2. The number of nitrogens with zero attached hydrogens (tertiary/aromatic N) is 8. The average Bonchev–Trinajstić information content (AvgIpc) is 4.23. The van der Waals surface area contributed by atoms with Crippen LogP contribution in [0.25, 0.3) is 43.4 Å². The number of pyridine rings is 1. The van der Waals surface area contributed by atoms with E-state index in [-0.39, 0.29) is 54.5 Å². The van der Waals surface area contributed by atoms with E-state index in [9.17, 15) is 19.8 Å². The van der Waals surface area contributed by atoms with E-state index in [0.29, 0.717) is 42.9 Å². The topological polar surface area (TPSA) is 204 Å². The molecule has 3 aromatic carbocycles. The average molecular weight is 1030 g/mol. The number of β-amino-alcohol motifs (C(OH)–C–C–N with tert-alkyl or cyclic N) is 1. The van der Waals surface area contributed by atoms with Gasteiger partial charge in [-0.05, 0) is 90.2 Å². The van der Waals surface area contributed by atoms with Crippen molar-refractivity contribution in [2.75, 3.05) is 50.8 Å². The first-order valence-electron chi connectivity index (χ1n) is 26.6. The number of anilines is 1. The minimum Gasteiger partial charge on any atom is -0.508 e. The van der Waals surface area contributed by atoms with Gasteiger partial charge in [0.25, 0.3) is 5.88 Å². The summed E-state index contributed by atoms with van der Waals surface area (Å²) in [6.45, 7) is 14.4. The maximum atomic E-state index is 14.4. The SMILES string of the molecule is Cc1ncsc1-c1ccc(C(C)NC(=O)[C@@H]2C[C@@H](O)CN2C(=O)[C@@H](c2cc(OC3CCN(CCOc4nc(N5CC6CCC(C5)N6)c5cnc6c(c5n4)C(C)c4cccc5cc(O)cc-6c45)CC3)no2)C(C)C)cc1. The number of benzene rings is 3. The molecular weight excluding hydrogens is 969 g/mol. The van der Waals surface area contributed by atoms with E-state index in [4.69, 9.17) is 28.9 Å². The number of carbonyl (C=O) groups is 2. The number of nitrogens with one attached hydrogen (secondary N) is 2. The number of piperidine rings is 1. The van der Waals surface area contributed by atoms with Crippen LogP contribution in [0.5, 0.6) is 17.6 Å². The number of phenols is 1. The van der Waals surface area contributed by atoms with E-state index in [0.717, 1.165) is 118 Å². The quantitative estimate of drug-likeness (QED) is 0.0818. The minimum absolute atomic E-state index is 0.000556. The number of rotatable bonds is 14. The second-order valence-corrected chi connectivity index (χ2v) is 22.5. The number of aromatic nitrogens is 5. The number of aromatic hydroxyl groups is 1. The van der Waals surface area contributed by atoms with Gasteiger partial charge in [-0.25, -0.2) is 4.98 Å². The van der Waals surface area contributed by atoms with Crippen molar-refractivity contribution in [1.29, 1.82) is 0 Å². The number of carbonyl (C=O) groups excluding carboxylic acids is 2. The second kappa shape index (κ2) is 20.1. The number of likely N-dealkylation sites (tertiary alicyclic amines) is 2. The third kappa shape index (κ3) is 9.44. The molecular formula is C57H64N10O7S. The number of phenolic OH excluding ortho intramolecular Hbond substituents is 1. The van der Waals surface area contributed by atoms with Gasteiger partial charge < -0.3 is 44.6 Å². The number of aliphatic hydroxyl groups excluding tert-OH is 1. The highest BCUT2D eigenvalue weighted by atomic mass is 32.1. The fraction of sp³-hybridized carbons (Fsp3) is 0.456. The molecule has 4 saturated heterocycles. The minimum atomic E-state index is -0.840. The zero-order chi connectivity index (χ0) is 51.6. The highest BCUT2D eigenvalue weighted by Crippen LogP contribution is 2.49. The Balaban J connectivity index is 0.682. The van der Waals surface area contributed by atoms with Crippen molar-refractivity contribution in [1.82, 2.24) is 45.5 Å². The molecule has 7 atom stereocenters. The maximum absolute atomic E-state index is 14.4. The van der Waals surface area contributed by atoms with Crippen molar-refractivity contribution < 1.29 is 33.8 Å².